The molecule has 1 heterocycles. The van der Waals surface area contributed by atoms with Crippen LogP contribution < -0.4 is 10.4 Å². The first-order valence-electron chi connectivity index (χ1n) is 7.66. The number of halogens is 2. The summed E-state index contributed by atoms with van der Waals surface area (Å²) in [6, 6.07) is 1.95. The van der Waals surface area contributed by atoms with Crippen molar-refractivity contribution in [3.8, 4) is 0 Å². The van der Waals surface area contributed by atoms with Gasteiger partial charge in [-0.15, -0.1) is 0 Å². The lowest BCUT2D eigenvalue weighted by atomic mass is 9.80. The molecule has 0 bridgehead atoms. The molecule has 0 unspecified atom stereocenters. The molecule has 2 N–H and O–H groups in total. The highest BCUT2D eigenvalue weighted by Crippen LogP contribution is 2.22. The fourth-order valence-corrected chi connectivity index (χ4v) is 2.43. The normalized spacial score (nSPS) is 15.5. The van der Waals surface area contributed by atoms with E-state index in [2.05, 4.69) is 0 Å². The average molecular weight is 342 g/mol. The van der Waals surface area contributed by atoms with Crippen molar-refractivity contribution in [2.75, 3.05) is 31.1 Å². The maximum Gasteiger partial charge on any atom is 0.488 e. The molecular formula is C15H21BF2N2O4. The third kappa shape index (κ3) is 4.36. The smallest absolute Gasteiger partial charge is 0.444 e. The van der Waals surface area contributed by atoms with Gasteiger partial charge in [0.1, 0.15) is 5.60 Å². The molecule has 1 saturated heterocycles. The van der Waals surface area contributed by atoms with Gasteiger partial charge >= 0.3 is 13.2 Å². The van der Waals surface area contributed by atoms with Crippen LogP contribution in [-0.4, -0.2) is 59.9 Å². The topological polar surface area (TPSA) is 73.2 Å². The highest BCUT2D eigenvalue weighted by Gasteiger charge is 2.28. The number of carbonyl (C=O) groups excluding carboxylic acids is 1. The van der Waals surface area contributed by atoms with Crippen molar-refractivity contribution in [3.05, 3.63) is 23.8 Å². The third-order valence-corrected chi connectivity index (χ3v) is 3.60. The number of carbonyl (C=O) groups is 1. The van der Waals surface area contributed by atoms with Gasteiger partial charge in [0.15, 0.2) is 11.6 Å². The van der Waals surface area contributed by atoms with Crippen LogP contribution in [0.25, 0.3) is 0 Å². The highest BCUT2D eigenvalue weighted by atomic mass is 19.2. The Morgan fingerprint density at radius 2 is 1.75 bits per heavy atom. The molecule has 132 valence electrons. The minimum absolute atomic E-state index is 0.0538. The largest absolute Gasteiger partial charge is 0.488 e. The minimum Gasteiger partial charge on any atom is -0.444 e. The number of hydrogen-bond acceptors (Lipinski definition) is 5. The Morgan fingerprint density at radius 3 is 2.25 bits per heavy atom. The van der Waals surface area contributed by atoms with Crippen LogP contribution in [-0.2, 0) is 4.74 Å². The first kappa shape index (κ1) is 18.5. The fraction of sp³-hybridized carbons (Fsp3) is 0.533. The van der Waals surface area contributed by atoms with Crippen molar-refractivity contribution in [1.29, 1.82) is 0 Å². The molecule has 0 aromatic heterocycles. The Labute approximate surface area is 139 Å². The van der Waals surface area contributed by atoms with Crippen molar-refractivity contribution in [2.45, 2.75) is 26.4 Å². The van der Waals surface area contributed by atoms with E-state index in [4.69, 9.17) is 14.8 Å². The van der Waals surface area contributed by atoms with E-state index in [1.807, 2.05) is 0 Å². The van der Waals surface area contributed by atoms with Gasteiger partial charge in [0, 0.05) is 26.2 Å². The van der Waals surface area contributed by atoms with Crippen LogP contribution in [0.15, 0.2) is 12.1 Å². The summed E-state index contributed by atoms with van der Waals surface area (Å²) < 4.78 is 32.9. The predicted molar refractivity (Wildman–Crippen MR) is 86.2 cm³/mol. The van der Waals surface area contributed by atoms with Gasteiger partial charge < -0.3 is 24.6 Å². The second-order valence-corrected chi connectivity index (χ2v) is 6.66. The number of hydrogen-bond donors (Lipinski definition) is 2. The van der Waals surface area contributed by atoms with E-state index in [0.29, 0.717) is 13.1 Å². The van der Waals surface area contributed by atoms with Crippen LogP contribution in [0.1, 0.15) is 20.8 Å². The standard InChI is InChI=1S/C15H21BF2N2O4/c1-15(2,3)24-14(21)20-6-4-19(5-7-20)12-9-10(16(22)23)8-11(17)13(12)18/h8-9,22-23H,4-7H2,1-3H3. The monoisotopic (exact) mass is 342 g/mol. The van der Waals surface area contributed by atoms with Crippen LogP contribution in [0.3, 0.4) is 0 Å². The molecule has 1 amide bonds. The number of rotatable bonds is 2. The van der Waals surface area contributed by atoms with Crippen molar-refractivity contribution in [1.82, 2.24) is 4.90 Å². The molecule has 9 heteroatoms. The van der Waals surface area contributed by atoms with Crippen molar-refractivity contribution < 1.29 is 28.4 Å². The van der Waals surface area contributed by atoms with Crippen LogP contribution in [0.2, 0.25) is 0 Å². The fourth-order valence-electron chi connectivity index (χ4n) is 2.43. The molecule has 24 heavy (non-hydrogen) atoms. The Balaban J connectivity index is 2.08. The van der Waals surface area contributed by atoms with E-state index in [1.165, 1.54) is 11.0 Å². The highest BCUT2D eigenvalue weighted by molar-refractivity contribution is 6.58. The Kier molecular flexibility index (Phi) is 5.34. The zero-order valence-electron chi connectivity index (χ0n) is 13.9. The SMILES string of the molecule is CC(C)(C)OC(=O)N1CCN(c2cc(B(O)O)cc(F)c2F)CC1. The summed E-state index contributed by atoms with van der Waals surface area (Å²) >= 11 is 0. The first-order valence-corrected chi connectivity index (χ1v) is 7.66. The van der Waals surface area contributed by atoms with Crippen LogP contribution in [0, 0.1) is 11.6 Å². The van der Waals surface area contributed by atoms with Gasteiger partial charge in [-0.1, -0.05) is 0 Å². The zero-order chi connectivity index (χ0) is 18.1. The van der Waals surface area contributed by atoms with Crippen LogP contribution >= 0.6 is 0 Å². The quantitative estimate of drug-likeness (QED) is 0.775. The lowest BCUT2D eigenvalue weighted by Gasteiger charge is -2.37. The molecule has 1 aromatic carbocycles. The van der Waals surface area contributed by atoms with Gasteiger partial charge in [-0.05, 0) is 38.4 Å². The number of nitrogens with zero attached hydrogens (tertiary/aromatic N) is 2. The molecule has 1 fully saturated rings. The number of amides is 1. The van der Waals surface area contributed by atoms with Crippen molar-refractivity contribution in [2.24, 2.45) is 0 Å². The van der Waals surface area contributed by atoms with Crippen LogP contribution in [0.5, 0.6) is 0 Å². The molecule has 0 aliphatic carbocycles. The molecule has 0 spiro atoms. The zero-order valence-corrected chi connectivity index (χ0v) is 13.9. The lowest BCUT2D eigenvalue weighted by molar-refractivity contribution is 0.0240. The van der Waals surface area contributed by atoms with Crippen molar-refractivity contribution >= 4 is 24.4 Å². The van der Waals surface area contributed by atoms with Gasteiger partial charge in [-0.2, -0.15) is 0 Å². The van der Waals surface area contributed by atoms with E-state index in [1.54, 1.807) is 25.7 Å². The second kappa shape index (κ2) is 6.94. The van der Waals surface area contributed by atoms with Gasteiger partial charge in [-0.25, -0.2) is 13.6 Å². The van der Waals surface area contributed by atoms with Crippen molar-refractivity contribution in [3.63, 3.8) is 0 Å². The summed E-state index contributed by atoms with van der Waals surface area (Å²) in [5.41, 5.74) is -0.782. The molecule has 0 radical (unpaired) electrons. The number of ether oxygens (including phenoxy) is 1. The molecule has 0 atom stereocenters. The summed E-state index contributed by atoms with van der Waals surface area (Å²) in [5.74, 6) is -2.20. The van der Waals surface area contributed by atoms with E-state index < -0.39 is 30.4 Å². The molecule has 1 aliphatic heterocycles. The number of benzene rings is 1. The minimum atomic E-state index is -1.89. The molecule has 0 saturated carbocycles. The number of piperazine rings is 1. The number of anilines is 1. The maximum absolute atomic E-state index is 14.0. The average Bonchev–Trinajstić information content (AvgIpc) is 2.48. The Morgan fingerprint density at radius 1 is 1.17 bits per heavy atom. The molecule has 2 rings (SSSR count). The maximum atomic E-state index is 14.0. The second-order valence-electron chi connectivity index (χ2n) is 6.66. The van der Waals surface area contributed by atoms with E-state index in [0.717, 1.165) is 6.07 Å². The Bertz CT molecular complexity index is 614. The molecule has 6 nitrogen and oxygen atoms in total. The molecule has 1 aliphatic rings. The molecular weight excluding hydrogens is 321 g/mol. The molecule has 1 aromatic rings. The van der Waals surface area contributed by atoms with E-state index in [-0.39, 0.29) is 24.2 Å². The summed E-state index contributed by atoms with van der Waals surface area (Å²) in [7, 11) is -1.89. The summed E-state index contributed by atoms with van der Waals surface area (Å²) in [6.45, 7) is 6.45. The van der Waals surface area contributed by atoms with Crippen LogP contribution in [0.4, 0.5) is 19.3 Å². The van der Waals surface area contributed by atoms with Gasteiger partial charge in [-0.3, -0.25) is 0 Å². The first-order chi connectivity index (χ1) is 11.1. The van der Waals surface area contributed by atoms with Gasteiger partial charge in [0.2, 0.25) is 0 Å². The van der Waals surface area contributed by atoms with Gasteiger partial charge in [0.05, 0.1) is 5.69 Å². The van der Waals surface area contributed by atoms with Gasteiger partial charge in [0.25, 0.3) is 0 Å². The summed E-state index contributed by atoms with van der Waals surface area (Å²) in [6.07, 6.45) is -0.451. The third-order valence-electron chi connectivity index (χ3n) is 3.60. The predicted octanol–water partition coefficient (Wildman–Crippen LogP) is 0.702. The lowest BCUT2D eigenvalue weighted by Crippen LogP contribution is -2.50. The summed E-state index contributed by atoms with van der Waals surface area (Å²) in [4.78, 5) is 15.1. The van der Waals surface area contributed by atoms with E-state index in [9.17, 15) is 13.6 Å². The Hall–Kier alpha value is -1.87. The van der Waals surface area contributed by atoms with E-state index >= 15 is 0 Å². The summed E-state index contributed by atoms with van der Waals surface area (Å²) in [5, 5.41) is 18.3.